The van der Waals surface area contributed by atoms with Gasteiger partial charge in [-0.25, -0.2) is 4.39 Å². The molecule has 2 aromatic carbocycles. The SMILES string of the molecule is CN(C)C[C@H]1CC2c3ccccc3Cc3ccc(F)cc3C2O1. The topological polar surface area (TPSA) is 12.5 Å². The molecular weight excluding hydrogens is 289 g/mol. The van der Waals surface area contributed by atoms with Gasteiger partial charge >= 0.3 is 0 Å². The lowest BCUT2D eigenvalue weighted by Gasteiger charge is -2.20. The highest BCUT2D eigenvalue weighted by Gasteiger charge is 2.40. The second kappa shape index (κ2) is 5.73. The maximum absolute atomic E-state index is 13.9. The summed E-state index contributed by atoms with van der Waals surface area (Å²) in [4.78, 5) is 2.16. The molecule has 0 spiro atoms. The van der Waals surface area contributed by atoms with Crippen molar-refractivity contribution in [2.75, 3.05) is 20.6 Å². The molecule has 1 aliphatic carbocycles. The van der Waals surface area contributed by atoms with Crippen molar-refractivity contribution >= 4 is 0 Å². The highest BCUT2D eigenvalue weighted by Crippen LogP contribution is 2.49. The van der Waals surface area contributed by atoms with Gasteiger partial charge in [0.05, 0.1) is 12.2 Å². The summed E-state index contributed by atoms with van der Waals surface area (Å²) in [6, 6.07) is 13.8. The standard InChI is InChI=1S/C20H22FNO/c1-22(2)12-16-11-19-17-6-4-3-5-13(17)9-14-7-8-15(21)10-18(14)20(19)23-16/h3-8,10,16,19-20H,9,11-12H2,1-2H3/t16-,19?,20?/m1/s1. The number of benzene rings is 2. The lowest BCUT2D eigenvalue weighted by atomic mass is 9.87. The first-order valence-corrected chi connectivity index (χ1v) is 8.28. The maximum Gasteiger partial charge on any atom is 0.123 e. The van der Waals surface area contributed by atoms with Crippen molar-refractivity contribution in [1.82, 2.24) is 4.90 Å². The lowest BCUT2D eigenvalue weighted by molar-refractivity contribution is 0.0270. The predicted octanol–water partition coefficient (Wildman–Crippen LogP) is 3.91. The predicted molar refractivity (Wildman–Crippen MR) is 89.2 cm³/mol. The molecule has 0 amide bonds. The van der Waals surface area contributed by atoms with Crippen LogP contribution in [-0.4, -0.2) is 31.6 Å². The molecule has 0 saturated carbocycles. The molecular formula is C20H22FNO. The minimum atomic E-state index is -0.173. The Kier molecular flexibility index (Phi) is 3.70. The fourth-order valence-electron chi connectivity index (χ4n) is 4.12. The van der Waals surface area contributed by atoms with Crippen molar-refractivity contribution in [3.8, 4) is 0 Å². The minimum Gasteiger partial charge on any atom is -0.368 e. The van der Waals surface area contributed by atoms with Gasteiger partial charge in [-0.3, -0.25) is 0 Å². The summed E-state index contributed by atoms with van der Waals surface area (Å²) in [5, 5.41) is 0. The van der Waals surface area contributed by atoms with Crippen LogP contribution < -0.4 is 0 Å². The number of hydrogen-bond donors (Lipinski definition) is 0. The molecule has 120 valence electrons. The van der Waals surface area contributed by atoms with Gasteiger partial charge in [0.15, 0.2) is 0 Å². The number of hydrogen-bond acceptors (Lipinski definition) is 2. The van der Waals surface area contributed by atoms with Crippen LogP contribution in [0.3, 0.4) is 0 Å². The Morgan fingerprint density at radius 1 is 1.09 bits per heavy atom. The molecule has 23 heavy (non-hydrogen) atoms. The van der Waals surface area contributed by atoms with Crippen LogP contribution in [0.4, 0.5) is 4.39 Å². The highest BCUT2D eigenvalue weighted by molar-refractivity contribution is 5.45. The Labute approximate surface area is 136 Å². The Morgan fingerprint density at radius 2 is 1.87 bits per heavy atom. The summed E-state index contributed by atoms with van der Waals surface area (Å²) in [5.74, 6) is 0.146. The summed E-state index contributed by atoms with van der Waals surface area (Å²) in [7, 11) is 4.14. The van der Waals surface area contributed by atoms with E-state index in [1.165, 1.54) is 16.7 Å². The third-order valence-corrected chi connectivity index (χ3v) is 5.04. The van der Waals surface area contributed by atoms with E-state index in [4.69, 9.17) is 4.74 Å². The number of fused-ring (bicyclic) bond motifs is 5. The van der Waals surface area contributed by atoms with E-state index in [0.717, 1.165) is 24.9 Å². The van der Waals surface area contributed by atoms with Crippen LogP contribution in [-0.2, 0) is 11.2 Å². The first-order chi connectivity index (χ1) is 11.1. The van der Waals surface area contributed by atoms with E-state index in [1.54, 1.807) is 12.1 Å². The van der Waals surface area contributed by atoms with Crippen LogP contribution in [0, 0.1) is 5.82 Å². The Hall–Kier alpha value is -1.71. The maximum atomic E-state index is 13.9. The van der Waals surface area contributed by atoms with Gasteiger partial charge in [0.2, 0.25) is 0 Å². The number of nitrogens with zero attached hydrogens (tertiary/aromatic N) is 1. The van der Waals surface area contributed by atoms with Gasteiger partial charge in [0, 0.05) is 12.5 Å². The molecule has 1 saturated heterocycles. The molecule has 2 aromatic rings. The van der Waals surface area contributed by atoms with E-state index in [1.807, 2.05) is 6.07 Å². The van der Waals surface area contributed by atoms with E-state index in [0.29, 0.717) is 5.92 Å². The van der Waals surface area contributed by atoms with Crippen LogP contribution in [0.2, 0.25) is 0 Å². The molecule has 2 unspecified atom stereocenters. The number of ether oxygens (including phenoxy) is 1. The number of rotatable bonds is 2. The molecule has 1 heterocycles. The van der Waals surface area contributed by atoms with Gasteiger partial charge in [-0.15, -0.1) is 0 Å². The van der Waals surface area contributed by atoms with E-state index < -0.39 is 0 Å². The fourth-order valence-corrected chi connectivity index (χ4v) is 4.12. The Balaban J connectivity index is 1.80. The molecule has 4 rings (SSSR count). The summed E-state index contributed by atoms with van der Waals surface area (Å²) >= 11 is 0. The third kappa shape index (κ3) is 2.68. The molecule has 3 atom stereocenters. The van der Waals surface area contributed by atoms with E-state index in [9.17, 15) is 4.39 Å². The van der Waals surface area contributed by atoms with Gasteiger partial charge in [0.25, 0.3) is 0 Å². The Morgan fingerprint density at radius 3 is 2.70 bits per heavy atom. The number of likely N-dealkylation sites (N-methyl/N-ethyl adjacent to an activating group) is 1. The third-order valence-electron chi connectivity index (χ3n) is 5.04. The van der Waals surface area contributed by atoms with Gasteiger partial charge in [-0.1, -0.05) is 30.3 Å². The van der Waals surface area contributed by atoms with Crippen molar-refractivity contribution in [3.63, 3.8) is 0 Å². The summed E-state index contributed by atoms with van der Waals surface area (Å²) in [6.45, 7) is 0.903. The molecule has 0 radical (unpaired) electrons. The smallest absolute Gasteiger partial charge is 0.123 e. The van der Waals surface area contributed by atoms with Crippen LogP contribution >= 0.6 is 0 Å². The average Bonchev–Trinajstić information content (AvgIpc) is 2.87. The van der Waals surface area contributed by atoms with E-state index in [2.05, 4.69) is 43.3 Å². The zero-order chi connectivity index (χ0) is 16.0. The van der Waals surface area contributed by atoms with Gasteiger partial charge in [-0.2, -0.15) is 0 Å². The van der Waals surface area contributed by atoms with Crippen molar-refractivity contribution in [2.24, 2.45) is 0 Å². The van der Waals surface area contributed by atoms with Crippen molar-refractivity contribution in [3.05, 3.63) is 70.5 Å². The fraction of sp³-hybridized carbons (Fsp3) is 0.400. The van der Waals surface area contributed by atoms with Gasteiger partial charge < -0.3 is 9.64 Å². The first-order valence-electron chi connectivity index (χ1n) is 8.28. The molecule has 0 aromatic heterocycles. The summed E-state index contributed by atoms with van der Waals surface area (Å²) in [6.07, 6.45) is 2.02. The molecule has 1 aliphatic heterocycles. The largest absolute Gasteiger partial charge is 0.368 e. The van der Waals surface area contributed by atoms with Crippen LogP contribution in [0.1, 0.15) is 40.7 Å². The molecule has 1 fully saturated rings. The monoisotopic (exact) mass is 311 g/mol. The molecule has 3 heteroatoms. The van der Waals surface area contributed by atoms with Crippen LogP contribution in [0.5, 0.6) is 0 Å². The minimum absolute atomic E-state index is 0.0331. The Bertz CT molecular complexity index is 727. The average molecular weight is 311 g/mol. The van der Waals surface area contributed by atoms with Crippen LogP contribution in [0.15, 0.2) is 42.5 Å². The summed E-state index contributed by atoms with van der Waals surface area (Å²) < 4.78 is 20.2. The van der Waals surface area contributed by atoms with Gasteiger partial charge in [0.1, 0.15) is 5.82 Å². The quantitative estimate of drug-likeness (QED) is 0.834. The van der Waals surface area contributed by atoms with E-state index in [-0.39, 0.29) is 18.0 Å². The van der Waals surface area contributed by atoms with E-state index >= 15 is 0 Å². The second-order valence-corrected chi connectivity index (χ2v) is 7.00. The van der Waals surface area contributed by atoms with Gasteiger partial charge in [-0.05, 0) is 61.3 Å². The number of halogens is 1. The second-order valence-electron chi connectivity index (χ2n) is 7.00. The molecule has 0 bridgehead atoms. The lowest BCUT2D eigenvalue weighted by Crippen LogP contribution is -2.25. The molecule has 2 aliphatic rings. The van der Waals surface area contributed by atoms with Crippen LogP contribution in [0.25, 0.3) is 0 Å². The van der Waals surface area contributed by atoms with Crippen molar-refractivity contribution in [2.45, 2.75) is 31.0 Å². The zero-order valence-electron chi connectivity index (χ0n) is 13.6. The summed E-state index contributed by atoms with van der Waals surface area (Å²) in [5.41, 5.74) is 4.95. The molecule has 0 N–H and O–H groups in total. The first kappa shape index (κ1) is 14.9. The van der Waals surface area contributed by atoms with Crippen molar-refractivity contribution < 1.29 is 9.13 Å². The normalized spacial score (nSPS) is 25.7. The zero-order valence-corrected chi connectivity index (χ0v) is 13.6. The highest BCUT2D eigenvalue weighted by atomic mass is 19.1. The molecule has 2 nitrogen and oxygen atoms in total. The van der Waals surface area contributed by atoms with Crippen molar-refractivity contribution in [1.29, 1.82) is 0 Å².